The molecule has 0 aliphatic rings. The largest absolute Gasteiger partial charge is 0.477 e. The molecule has 0 spiro atoms. The number of nitro benzene ring substituents is 1. The van der Waals surface area contributed by atoms with Crippen LogP contribution in [0.5, 0.6) is 11.5 Å². The maximum Gasteiger partial charge on any atom is 0.342 e. The van der Waals surface area contributed by atoms with Gasteiger partial charge in [-0.05, 0) is 46.6 Å². The second-order valence-corrected chi connectivity index (χ2v) is 5.13. The van der Waals surface area contributed by atoms with Gasteiger partial charge >= 0.3 is 5.97 Å². The van der Waals surface area contributed by atoms with Gasteiger partial charge in [0, 0.05) is 12.1 Å². The highest BCUT2D eigenvalue weighted by Crippen LogP contribution is 2.32. The fourth-order valence-electron chi connectivity index (χ4n) is 1.72. The number of hydrogen-bond donors (Lipinski definition) is 1. The second kappa shape index (κ2) is 5.92. The molecular weight excluding hydrogens is 342 g/mol. The van der Waals surface area contributed by atoms with Crippen LogP contribution in [0.2, 0.25) is 0 Å². The number of carboxylic acid groups (broad SMARTS) is 1. The fraction of sp³-hybridized carbons (Fsp3) is 0.0714. The minimum absolute atomic E-state index is 0.211. The first-order valence-corrected chi connectivity index (χ1v) is 6.63. The van der Waals surface area contributed by atoms with Gasteiger partial charge in [0.2, 0.25) is 0 Å². The van der Waals surface area contributed by atoms with Crippen molar-refractivity contribution in [3.8, 4) is 11.5 Å². The number of halogens is 1. The molecule has 1 N–H and O–H groups in total. The summed E-state index contributed by atoms with van der Waals surface area (Å²) in [7, 11) is 0. The predicted molar refractivity (Wildman–Crippen MR) is 79.0 cm³/mol. The van der Waals surface area contributed by atoms with Crippen molar-refractivity contribution in [2.24, 2.45) is 0 Å². The van der Waals surface area contributed by atoms with E-state index < -0.39 is 22.1 Å². The number of ether oxygens (including phenoxy) is 1. The number of nitro groups is 1. The third-order valence-electron chi connectivity index (χ3n) is 2.71. The smallest absolute Gasteiger partial charge is 0.342 e. The van der Waals surface area contributed by atoms with E-state index in [0.29, 0.717) is 10.2 Å². The van der Waals surface area contributed by atoms with E-state index in [0.717, 1.165) is 17.7 Å². The van der Waals surface area contributed by atoms with Crippen LogP contribution in [0.15, 0.2) is 40.9 Å². The Hall–Kier alpha value is -2.41. The molecular formula is C14H10BrNO5. The van der Waals surface area contributed by atoms with Gasteiger partial charge in [0.1, 0.15) is 17.1 Å². The van der Waals surface area contributed by atoms with E-state index in [4.69, 9.17) is 9.84 Å². The van der Waals surface area contributed by atoms with Crippen molar-refractivity contribution in [3.63, 3.8) is 0 Å². The number of benzene rings is 2. The molecule has 6 nitrogen and oxygen atoms in total. The van der Waals surface area contributed by atoms with Crippen LogP contribution < -0.4 is 4.74 Å². The molecule has 0 radical (unpaired) electrons. The molecule has 0 saturated carbocycles. The minimum Gasteiger partial charge on any atom is -0.477 e. The Labute approximate surface area is 128 Å². The third-order valence-corrected chi connectivity index (χ3v) is 3.33. The van der Waals surface area contributed by atoms with Gasteiger partial charge in [0.05, 0.1) is 9.40 Å². The van der Waals surface area contributed by atoms with Crippen molar-refractivity contribution in [3.05, 3.63) is 62.1 Å². The van der Waals surface area contributed by atoms with E-state index in [2.05, 4.69) is 15.9 Å². The summed E-state index contributed by atoms with van der Waals surface area (Å²) in [4.78, 5) is 21.1. The first-order valence-electron chi connectivity index (χ1n) is 5.84. The zero-order valence-corrected chi connectivity index (χ0v) is 12.5. The molecule has 108 valence electrons. The summed E-state index contributed by atoms with van der Waals surface area (Å²) in [6.07, 6.45) is 0. The molecule has 2 aromatic rings. The van der Waals surface area contributed by atoms with Crippen LogP contribution in [-0.4, -0.2) is 16.0 Å². The molecule has 0 bridgehead atoms. The Kier molecular flexibility index (Phi) is 4.23. The maximum absolute atomic E-state index is 11.1. The molecule has 0 aliphatic carbocycles. The van der Waals surface area contributed by atoms with Crippen LogP contribution in [0.25, 0.3) is 0 Å². The van der Waals surface area contributed by atoms with Crippen LogP contribution in [0.1, 0.15) is 15.9 Å². The lowest BCUT2D eigenvalue weighted by Gasteiger charge is -2.09. The van der Waals surface area contributed by atoms with Crippen LogP contribution in [-0.2, 0) is 0 Å². The van der Waals surface area contributed by atoms with Gasteiger partial charge in [-0.3, -0.25) is 10.1 Å². The van der Waals surface area contributed by atoms with Gasteiger partial charge < -0.3 is 9.84 Å². The topological polar surface area (TPSA) is 89.7 Å². The van der Waals surface area contributed by atoms with E-state index >= 15 is 0 Å². The number of carboxylic acids is 1. The molecule has 0 aromatic heterocycles. The predicted octanol–water partition coefficient (Wildman–Crippen LogP) is 4.16. The van der Waals surface area contributed by atoms with Crippen molar-refractivity contribution < 1.29 is 19.6 Å². The highest BCUT2D eigenvalue weighted by atomic mass is 79.9. The molecule has 2 rings (SSSR count). The van der Waals surface area contributed by atoms with Crippen molar-refractivity contribution >= 4 is 27.6 Å². The Morgan fingerprint density at radius 2 is 2.00 bits per heavy atom. The van der Waals surface area contributed by atoms with Gasteiger partial charge in [-0.2, -0.15) is 0 Å². The van der Waals surface area contributed by atoms with E-state index in [1.807, 2.05) is 19.1 Å². The number of aryl methyl sites for hydroxylation is 1. The number of aromatic carboxylic acids is 1. The fourth-order valence-corrected chi connectivity index (χ4v) is 2.30. The third kappa shape index (κ3) is 3.38. The minimum atomic E-state index is -1.38. The number of carbonyl (C=O) groups is 1. The van der Waals surface area contributed by atoms with Crippen molar-refractivity contribution in [2.45, 2.75) is 6.92 Å². The normalized spacial score (nSPS) is 10.2. The molecule has 0 amide bonds. The van der Waals surface area contributed by atoms with E-state index in [1.165, 1.54) is 6.07 Å². The summed E-state index contributed by atoms with van der Waals surface area (Å²) in [5.41, 5.74) is 0.141. The van der Waals surface area contributed by atoms with Crippen LogP contribution in [0.4, 0.5) is 5.69 Å². The zero-order chi connectivity index (χ0) is 15.6. The molecule has 0 unspecified atom stereocenters. The van der Waals surface area contributed by atoms with Gasteiger partial charge in [-0.25, -0.2) is 4.79 Å². The lowest BCUT2D eigenvalue weighted by atomic mass is 10.1. The van der Waals surface area contributed by atoms with Gasteiger partial charge in [-0.1, -0.05) is 6.07 Å². The monoisotopic (exact) mass is 351 g/mol. The molecule has 21 heavy (non-hydrogen) atoms. The number of nitrogens with zero attached hydrogens (tertiary/aromatic N) is 1. The summed E-state index contributed by atoms with van der Waals surface area (Å²) in [6, 6.07) is 9.01. The van der Waals surface area contributed by atoms with Gasteiger partial charge in [-0.15, -0.1) is 0 Å². The summed E-state index contributed by atoms with van der Waals surface area (Å²) < 4.78 is 6.26. The Morgan fingerprint density at radius 1 is 1.29 bits per heavy atom. The molecule has 0 aliphatic heterocycles. The molecule has 7 heteroatoms. The van der Waals surface area contributed by atoms with Gasteiger partial charge in [0.15, 0.2) is 0 Å². The molecule has 0 fully saturated rings. The molecule has 0 saturated heterocycles. The SMILES string of the molecule is Cc1ccc(Oc2ccc([N+](=O)[O-])c(C(=O)O)c2)c(Br)c1. The Morgan fingerprint density at radius 3 is 2.57 bits per heavy atom. The number of rotatable bonds is 4. The van der Waals surface area contributed by atoms with Gasteiger partial charge in [0.25, 0.3) is 5.69 Å². The van der Waals surface area contributed by atoms with E-state index in [9.17, 15) is 14.9 Å². The molecule has 0 atom stereocenters. The maximum atomic E-state index is 11.1. The van der Waals surface area contributed by atoms with E-state index in [1.54, 1.807) is 6.07 Å². The summed E-state index contributed by atoms with van der Waals surface area (Å²) in [5.74, 6) is -0.677. The lowest BCUT2D eigenvalue weighted by molar-refractivity contribution is -0.385. The zero-order valence-electron chi connectivity index (χ0n) is 10.9. The van der Waals surface area contributed by atoms with Crippen molar-refractivity contribution in [2.75, 3.05) is 0 Å². The Bertz CT molecular complexity index is 729. The standard InChI is InChI=1S/C14H10BrNO5/c1-8-2-5-13(11(15)6-8)21-9-3-4-12(16(19)20)10(7-9)14(17)18/h2-7H,1H3,(H,17,18). The lowest BCUT2D eigenvalue weighted by Crippen LogP contribution is -2.02. The van der Waals surface area contributed by atoms with Crippen LogP contribution in [0, 0.1) is 17.0 Å². The summed E-state index contributed by atoms with van der Waals surface area (Å²) >= 11 is 3.34. The second-order valence-electron chi connectivity index (χ2n) is 4.28. The highest BCUT2D eigenvalue weighted by Gasteiger charge is 2.20. The molecule has 0 heterocycles. The van der Waals surface area contributed by atoms with Crippen molar-refractivity contribution in [1.29, 1.82) is 0 Å². The quantitative estimate of drug-likeness (QED) is 0.659. The average Bonchev–Trinajstić information content (AvgIpc) is 2.41. The van der Waals surface area contributed by atoms with E-state index in [-0.39, 0.29) is 5.75 Å². The summed E-state index contributed by atoms with van der Waals surface area (Å²) in [5, 5.41) is 19.8. The first-order chi connectivity index (χ1) is 9.88. The first kappa shape index (κ1) is 15.0. The van der Waals surface area contributed by atoms with Crippen molar-refractivity contribution in [1.82, 2.24) is 0 Å². The average molecular weight is 352 g/mol. The molecule has 2 aromatic carbocycles. The number of hydrogen-bond acceptors (Lipinski definition) is 4. The summed E-state index contributed by atoms with van der Waals surface area (Å²) in [6.45, 7) is 1.92. The van der Waals surface area contributed by atoms with Crippen LogP contribution in [0.3, 0.4) is 0 Å². The van der Waals surface area contributed by atoms with Crippen LogP contribution >= 0.6 is 15.9 Å². The Balaban J connectivity index is 2.39. The highest BCUT2D eigenvalue weighted by molar-refractivity contribution is 9.10.